The molecular weight excluding hydrogens is 509 g/mol. The van der Waals surface area contributed by atoms with Crippen LogP contribution in [0.4, 0.5) is 8.78 Å². The Balaban J connectivity index is 2.14. The van der Waals surface area contributed by atoms with E-state index >= 15 is 0 Å². The minimum absolute atomic E-state index is 0.00666. The Bertz CT molecular complexity index is 766. The third-order valence-electron chi connectivity index (χ3n) is 4.95. The van der Waals surface area contributed by atoms with E-state index in [0.717, 1.165) is 25.7 Å². The first kappa shape index (κ1) is 25.3. The van der Waals surface area contributed by atoms with Gasteiger partial charge in [-0.05, 0) is 0 Å². The molecule has 0 saturated heterocycles. The van der Waals surface area contributed by atoms with Gasteiger partial charge in [-0.2, -0.15) is 0 Å². The molecular formula is C24H30F2O4Sn. The van der Waals surface area contributed by atoms with Crippen LogP contribution in [-0.2, 0) is 28.6 Å². The number of unbranched alkanes of at least 4 members (excludes halogenated alkanes) is 2. The number of hydrogen-bond donors (Lipinski definition) is 0. The molecule has 0 aliphatic carbocycles. The summed E-state index contributed by atoms with van der Waals surface area (Å²) in [6.45, 7) is 4.08. The Morgan fingerprint density at radius 1 is 0.710 bits per heavy atom. The Morgan fingerprint density at radius 3 is 1.39 bits per heavy atom. The monoisotopic (exact) mass is 540 g/mol. The zero-order valence-corrected chi connectivity index (χ0v) is 21.0. The average molecular weight is 539 g/mol. The summed E-state index contributed by atoms with van der Waals surface area (Å²) in [5, 5.41) is 0. The van der Waals surface area contributed by atoms with E-state index in [2.05, 4.69) is 0 Å². The molecule has 2 rings (SSSR count). The van der Waals surface area contributed by atoms with E-state index in [9.17, 15) is 18.4 Å². The molecule has 0 fully saturated rings. The summed E-state index contributed by atoms with van der Waals surface area (Å²) in [5.41, 5.74) is 1.30. The number of rotatable bonds is 12. The molecule has 168 valence electrons. The topological polar surface area (TPSA) is 52.6 Å². The fourth-order valence-electron chi connectivity index (χ4n) is 3.27. The van der Waals surface area contributed by atoms with Crippen LogP contribution >= 0.6 is 0 Å². The normalized spacial score (nSPS) is 11.2. The van der Waals surface area contributed by atoms with E-state index in [1.54, 1.807) is 24.3 Å². The van der Waals surface area contributed by atoms with Gasteiger partial charge in [0.1, 0.15) is 0 Å². The standard InChI is InChI=1S/2C8H7FO2.2C4H9.Sn/c2*9-7-3-1-6(2-4-7)5-8(10)11;2*1-3-4-2;/h2*1-4H,5H2,(H,10,11);2*1,3-4H2,2H3;/q;;;;+2/p-2. The van der Waals surface area contributed by atoms with Gasteiger partial charge >= 0.3 is 188 Å². The van der Waals surface area contributed by atoms with Gasteiger partial charge in [0.25, 0.3) is 0 Å². The first-order valence-corrected chi connectivity index (χ1v) is 17.1. The van der Waals surface area contributed by atoms with Gasteiger partial charge in [-0.3, -0.25) is 0 Å². The molecule has 0 saturated carbocycles. The van der Waals surface area contributed by atoms with Crippen LogP contribution in [0.3, 0.4) is 0 Å². The van der Waals surface area contributed by atoms with Crippen LogP contribution in [0.25, 0.3) is 0 Å². The van der Waals surface area contributed by atoms with Crippen molar-refractivity contribution in [3.05, 3.63) is 71.3 Å². The van der Waals surface area contributed by atoms with Crippen molar-refractivity contribution < 1.29 is 24.5 Å². The van der Waals surface area contributed by atoms with Gasteiger partial charge in [0.05, 0.1) is 0 Å². The predicted octanol–water partition coefficient (Wildman–Crippen LogP) is 5.88. The number of halogens is 2. The van der Waals surface area contributed by atoms with Gasteiger partial charge in [-0.1, -0.05) is 0 Å². The van der Waals surface area contributed by atoms with Crippen LogP contribution in [0.5, 0.6) is 0 Å². The van der Waals surface area contributed by atoms with E-state index in [-0.39, 0.29) is 24.5 Å². The molecule has 4 nitrogen and oxygen atoms in total. The van der Waals surface area contributed by atoms with E-state index in [4.69, 9.17) is 6.15 Å². The van der Waals surface area contributed by atoms with E-state index in [1.807, 2.05) is 13.8 Å². The van der Waals surface area contributed by atoms with E-state index in [1.165, 1.54) is 24.3 Å². The summed E-state index contributed by atoms with van der Waals surface area (Å²) in [6, 6.07) is 11.4. The summed E-state index contributed by atoms with van der Waals surface area (Å²) in [4.78, 5) is 25.4. The van der Waals surface area contributed by atoms with Gasteiger partial charge < -0.3 is 0 Å². The Hall–Kier alpha value is -1.96. The molecule has 0 atom stereocenters. The van der Waals surface area contributed by atoms with Crippen LogP contribution in [-0.4, -0.2) is 31.1 Å². The molecule has 2 aromatic carbocycles. The van der Waals surface area contributed by atoms with Crippen LogP contribution in [0.1, 0.15) is 50.7 Å². The number of hydrogen-bond acceptors (Lipinski definition) is 4. The summed E-state index contributed by atoms with van der Waals surface area (Å²) >= 11 is -4.06. The van der Waals surface area contributed by atoms with E-state index < -0.39 is 31.1 Å². The second kappa shape index (κ2) is 12.8. The second-order valence-corrected chi connectivity index (χ2v) is 16.9. The van der Waals surface area contributed by atoms with Crippen molar-refractivity contribution >= 4 is 31.1 Å². The Morgan fingerprint density at radius 2 is 1.06 bits per heavy atom. The molecule has 0 radical (unpaired) electrons. The Labute approximate surface area is 187 Å². The number of benzene rings is 2. The quantitative estimate of drug-likeness (QED) is 0.317. The zero-order valence-electron chi connectivity index (χ0n) is 18.2. The third kappa shape index (κ3) is 8.97. The van der Waals surface area contributed by atoms with Crippen molar-refractivity contribution in [2.75, 3.05) is 0 Å². The van der Waals surface area contributed by atoms with Gasteiger partial charge in [-0.25, -0.2) is 0 Å². The van der Waals surface area contributed by atoms with Crippen molar-refractivity contribution in [1.82, 2.24) is 0 Å². The van der Waals surface area contributed by atoms with Crippen molar-refractivity contribution in [2.45, 2.75) is 61.2 Å². The molecule has 0 spiro atoms. The average Bonchev–Trinajstić information content (AvgIpc) is 2.74. The molecule has 0 unspecified atom stereocenters. The molecule has 31 heavy (non-hydrogen) atoms. The molecule has 0 bridgehead atoms. The van der Waals surface area contributed by atoms with Gasteiger partial charge in [-0.15, -0.1) is 0 Å². The summed E-state index contributed by atoms with van der Waals surface area (Å²) in [7, 11) is 0. The van der Waals surface area contributed by atoms with Crippen LogP contribution in [0, 0.1) is 11.6 Å². The fraction of sp³-hybridized carbons (Fsp3) is 0.417. The van der Waals surface area contributed by atoms with Crippen molar-refractivity contribution in [3.8, 4) is 0 Å². The molecule has 7 heteroatoms. The summed E-state index contributed by atoms with van der Waals surface area (Å²) in [5.74, 6) is -1.62. The minimum atomic E-state index is -4.06. The van der Waals surface area contributed by atoms with E-state index in [0.29, 0.717) is 20.0 Å². The third-order valence-corrected chi connectivity index (χ3v) is 14.7. The van der Waals surface area contributed by atoms with Crippen molar-refractivity contribution in [2.24, 2.45) is 0 Å². The zero-order chi connectivity index (χ0) is 22.7. The molecule has 0 aliphatic rings. The predicted molar refractivity (Wildman–Crippen MR) is 118 cm³/mol. The second-order valence-electron chi connectivity index (χ2n) is 7.67. The fourth-order valence-corrected chi connectivity index (χ4v) is 13.1. The molecule has 0 amide bonds. The van der Waals surface area contributed by atoms with Crippen LogP contribution in [0.2, 0.25) is 8.87 Å². The number of carbonyl (C=O) groups excluding carboxylic acids is 2. The maximum absolute atomic E-state index is 13.1. The van der Waals surface area contributed by atoms with Gasteiger partial charge in [0.15, 0.2) is 0 Å². The van der Waals surface area contributed by atoms with Crippen molar-refractivity contribution in [1.29, 1.82) is 0 Å². The first-order chi connectivity index (χ1) is 14.9. The molecule has 0 aliphatic heterocycles. The molecule has 0 heterocycles. The number of carbonyl (C=O) groups is 2. The summed E-state index contributed by atoms with van der Waals surface area (Å²) in [6.07, 6.45) is 3.44. The maximum atomic E-state index is 13.1. The molecule has 0 N–H and O–H groups in total. The van der Waals surface area contributed by atoms with Gasteiger partial charge in [0.2, 0.25) is 0 Å². The molecule has 2 aromatic rings. The van der Waals surface area contributed by atoms with Crippen molar-refractivity contribution in [3.63, 3.8) is 0 Å². The SMILES string of the molecule is CCC[CH2][Sn]([CH2]CCC)([O]C(=O)Cc1ccc(F)cc1)[O]C(=O)Cc1ccc(F)cc1. The molecule has 0 aromatic heterocycles. The Kier molecular flexibility index (Phi) is 10.4. The summed E-state index contributed by atoms with van der Waals surface area (Å²) < 4.78 is 39.4. The van der Waals surface area contributed by atoms with Crippen LogP contribution in [0.15, 0.2) is 48.5 Å². The van der Waals surface area contributed by atoms with Gasteiger partial charge in [0, 0.05) is 0 Å². The van der Waals surface area contributed by atoms with Crippen LogP contribution < -0.4 is 0 Å². The first-order valence-electron chi connectivity index (χ1n) is 10.8.